The van der Waals surface area contributed by atoms with E-state index in [9.17, 15) is 0 Å². The fourth-order valence-corrected chi connectivity index (χ4v) is 2.49. The Balaban J connectivity index is 0.00000176. The Labute approximate surface area is 136 Å². The van der Waals surface area contributed by atoms with Gasteiger partial charge >= 0.3 is 0 Å². The van der Waals surface area contributed by atoms with Crippen molar-refractivity contribution < 1.29 is 0 Å². The molecule has 0 saturated carbocycles. The van der Waals surface area contributed by atoms with Gasteiger partial charge in [0.1, 0.15) is 5.69 Å². The van der Waals surface area contributed by atoms with E-state index in [2.05, 4.69) is 45.7 Å². The second-order valence-electron chi connectivity index (χ2n) is 5.15. The van der Waals surface area contributed by atoms with E-state index in [4.69, 9.17) is 0 Å². The molecule has 6 heteroatoms. The van der Waals surface area contributed by atoms with E-state index in [-0.39, 0.29) is 12.4 Å². The van der Waals surface area contributed by atoms with Crippen molar-refractivity contribution in [3.63, 3.8) is 0 Å². The van der Waals surface area contributed by atoms with E-state index in [1.165, 1.54) is 5.56 Å². The Morgan fingerprint density at radius 2 is 2.09 bits per heavy atom. The topological polar surface area (TPSA) is 55.6 Å². The van der Waals surface area contributed by atoms with Gasteiger partial charge in [0.05, 0.1) is 11.7 Å². The smallest absolute Gasteiger partial charge is 0.113 e. The molecule has 2 aromatic heterocycles. The highest BCUT2D eigenvalue weighted by atomic mass is 35.5. The third kappa shape index (κ3) is 3.26. The fourth-order valence-electron chi connectivity index (χ4n) is 2.49. The third-order valence-corrected chi connectivity index (χ3v) is 3.60. The van der Waals surface area contributed by atoms with Crippen LogP contribution in [-0.4, -0.2) is 33.6 Å². The molecule has 0 unspecified atom stereocenters. The summed E-state index contributed by atoms with van der Waals surface area (Å²) < 4.78 is 1.90. The molecule has 0 aliphatic heterocycles. The van der Waals surface area contributed by atoms with Crippen LogP contribution in [0, 0.1) is 6.92 Å². The Kier molecular flexibility index (Phi) is 5.46. The molecule has 1 aromatic carbocycles. The van der Waals surface area contributed by atoms with Crippen molar-refractivity contribution >= 4 is 23.3 Å². The van der Waals surface area contributed by atoms with Crippen LogP contribution in [0.15, 0.2) is 36.7 Å². The Morgan fingerprint density at radius 3 is 2.91 bits per heavy atom. The highest BCUT2D eigenvalue weighted by molar-refractivity contribution is 5.95. The standard InChI is InChI=1S/C16H19N5.ClH/c1-12-6-7-13(14-5-3-9-18-16(12)14)15-11-21(20-19-15)10-4-8-17-2;/h3,5-7,9,11,17H,4,8,10H2,1-2H3;1H. The number of benzene rings is 1. The maximum Gasteiger partial charge on any atom is 0.113 e. The highest BCUT2D eigenvalue weighted by Crippen LogP contribution is 2.27. The summed E-state index contributed by atoms with van der Waals surface area (Å²) in [6.45, 7) is 3.93. The molecule has 2 heterocycles. The first kappa shape index (κ1) is 16.4. The number of hydrogen-bond donors (Lipinski definition) is 1. The van der Waals surface area contributed by atoms with E-state index < -0.39 is 0 Å². The highest BCUT2D eigenvalue weighted by Gasteiger charge is 2.09. The van der Waals surface area contributed by atoms with Gasteiger partial charge in [-0.25, -0.2) is 0 Å². The first-order valence-corrected chi connectivity index (χ1v) is 7.19. The molecule has 0 amide bonds. The normalized spacial score (nSPS) is 10.6. The first-order chi connectivity index (χ1) is 10.3. The quantitative estimate of drug-likeness (QED) is 0.735. The minimum atomic E-state index is 0. The molecule has 1 N–H and O–H groups in total. The molecule has 0 bridgehead atoms. The summed E-state index contributed by atoms with van der Waals surface area (Å²) in [5.74, 6) is 0. The second-order valence-corrected chi connectivity index (χ2v) is 5.15. The largest absolute Gasteiger partial charge is 0.320 e. The van der Waals surface area contributed by atoms with Crippen molar-refractivity contribution in [2.75, 3.05) is 13.6 Å². The van der Waals surface area contributed by atoms with Gasteiger partial charge in [-0.1, -0.05) is 23.4 Å². The first-order valence-electron chi connectivity index (χ1n) is 7.19. The maximum absolute atomic E-state index is 4.47. The number of aromatic nitrogens is 4. The van der Waals surface area contributed by atoms with Gasteiger partial charge in [-0.3, -0.25) is 9.67 Å². The Hall–Kier alpha value is -1.98. The summed E-state index contributed by atoms with van der Waals surface area (Å²) in [7, 11) is 1.96. The summed E-state index contributed by atoms with van der Waals surface area (Å²) in [5.41, 5.74) is 4.19. The van der Waals surface area contributed by atoms with Gasteiger partial charge in [-0.2, -0.15) is 0 Å². The molecule has 3 rings (SSSR count). The van der Waals surface area contributed by atoms with E-state index in [0.717, 1.165) is 41.7 Å². The maximum atomic E-state index is 4.47. The number of hydrogen-bond acceptors (Lipinski definition) is 4. The molecule has 116 valence electrons. The van der Waals surface area contributed by atoms with Gasteiger partial charge in [0.15, 0.2) is 0 Å². The van der Waals surface area contributed by atoms with Crippen LogP contribution in [0.2, 0.25) is 0 Å². The van der Waals surface area contributed by atoms with Gasteiger partial charge in [-0.15, -0.1) is 17.5 Å². The lowest BCUT2D eigenvalue weighted by atomic mass is 10.0. The predicted octanol–water partition coefficient (Wildman–Crippen LogP) is 2.83. The lowest BCUT2D eigenvalue weighted by Gasteiger charge is -2.05. The van der Waals surface area contributed by atoms with Gasteiger partial charge < -0.3 is 5.32 Å². The summed E-state index contributed by atoms with van der Waals surface area (Å²) in [5, 5.41) is 12.8. The summed E-state index contributed by atoms with van der Waals surface area (Å²) in [6, 6.07) is 8.24. The molecule has 0 aliphatic rings. The van der Waals surface area contributed by atoms with Crippen LogP contribution in [0.1, 0.15) is 12.0 Å². The summed E-state index contributed by atoms with van der Waals surface area (Å²) in [4.78, 5) is 4.47. The molecule has 0 fully saturated rings. The van der Waals surface area contributed by atoms with Gasteiger partial charge in [0.2, 0.25) is 0 Å². The number of pyridine rings is 1. The van der Waals surface area contributed by atoms with Crippen molar-refractivity contribution in [2.45, 2.75) is 19.9 Å². The van der Waals surface area contributed by atoms with Gasteiger partial charge in [0, 0.05) is 23.7 Å². The van der Waals surface area contributed by atoms with Crippen LogP contribution < -0.4 is 5.32 Å². The lowest BCUT2D eigenvalue weighted by Crippen LogP contribution is -2.11. The van der Waals surface area contributed by atoms with Crippen LogP contribution in [-0.2, 0) is 6.54 Å². The molecule has 0 atom stereocenters. The van der Waals surface area contributed by atoms with E-state index >= 15 is 0 Å². The number of rotatable bonds is 5. The summed E-state index contributed by atoms with van der Waals surface area (Å²) >= 11 is 0. The predicted molar refractivity (Wildman–Crippen MR) is 91.3 cm³/mol. The molecule has 0 saturated heterocycles. The molecule has 0 spiro atoms. The zero-order chi connectivity index (χ0) is 14.7. The van der Waals surface area contributed by atoms with Crippen molar-refractivity contribution in [1.29, 1.82) is 0 Å². The summed E-state index contributed by atoms with van der Waals surface area (Å²) in [6.07, 6.45) is 4.87. The average molecular weight is 318 g/mol. The monoisotopic (exact) mass is 317 g/mol. The molecule has 0 aliphatic carbocycles. The van der Waals surface area contributed by atoms with E-state index in [1.54, 1.807) is 0 Å². The third-order valence-electron chi connectivity index (χ3n) is 3.60. The Bertz CT molecular complexity index is 753. The van der Waals surface area contributed by atoms with Crippen LogP contribution in [0.25, 0.3) is 22.2 Å². The SMILES string of the molecule is CNCCCn1cc(-c2ccc(C)c3ncccc23)nn1.Cl. The fraction of sp³-hybridized carbons (Fsp3) is 0.312. The van der Waals surface area contributed by atoms with Crippen molar-refractivity contribution in [1.82, 2.24) is 25.3 Å². The van der Waals surface area contributed by atoms with Crippen LogP contribution in [0.5, 0.6) is 0 Å². The van der Waals surface area contributed by atoms with Crippen LogP contribution >= 0.6 is 12.4 Å². The van der Waals surface area contributed by atoms with Crippen LogP contribution in [0.4, 0.5) is 0 Å². The lowest BCUT2D eigenvalue weighted by molar-refractivity contribution is 0.545. The van der Waals surface area contributed by atoms with Gasteiger partial charge in [-0.05, 0) is 38.6 Å². The van der Waals surface area contributed by atoms with Crippen molar-refractivity contribution in [3.8, 4) is 11.3 Å². The molecule has 0 radical (unpaired) electrons. The molecule has 5 nitrogen and oxygen atoms in total. The molecular weight excluding hydrogens is 298 g/mol. The molecular formula is C16H20ClN5. The van der Waals surface area contributed by atoms with E-state index in [0.29, 0.717) is 0 Å². The number of aryl methyl sites for hydroxylation is 2. The molecule has 3 aromatic rings. The number of nitrogens with zero attached hydrogens (tertiary/aromatic N) is 4. The Morgan fingerprint density at radius 1 is 1.23 bits per heavy atom. The number of fused-ring (bicyclic) bond motifs is 1. The van der Waals surface area contributed by atoms with Crippen LogP contribution in [0.3, 0.4) is 0 Å². The zero-order valence-corrected chi connectivity index (χ0v) is 13.6. The zero-order valence-electron chi connectivity index (χ0n) is 12.8. The average Bonchev–Trinajstić information content (AvgIpc) is 2.97. The van der Waals surface area contributed by atoms with Gasteiger partial charge in [0.25, 0.3) is 0 Å². The minimum Gasteiger partial charge on any atom is -0.320 e. The number of nitrogens with one attached hydrogen (secondary N) is 1. The van der Waals surface area contributed by atoms with Crippen molar-refractivity contribution in [3.05, 3.63) is 42.2 Å². The minimum absolute atomic E-state index is 0. The van der Waals surface area contributed by atoms with E-state index in [1.807, 2.05) is 30.2 Å². The molecule has 22 heavy (non-hydrogen) atoms. The van der Waals surface area contributed by atoms with Crippen molar-refractivity contribution in [2.24, 2.45) is 0 Å². The number of halogens is 1. The second kappa shape index (κ2) is 7.33.